The number of benzene rings is 1. The number of ether oxygens (including phenoxy) is 1. The van der Waals surface area contributed by atoms with E-state index in [9.17, 15) is 9.59 Å². The van der Waals surface area contributed by atoms with E-state index in [1.54, 1.807) is 35.2 Å². The zero-order valence-corrected chi connectivity index (χ0v) is 15.5. The molecule has 2 rings (SSSR count). The van der Waals surface area contributed by atoms with Crippen LogP contribution in [0.4, 0.5) is 0 Å². The van der Waals surface area contributed by atoms with Gasteiger partial charge in [-0.25, -0.2) is 4.79 Å². The summed E-state index contributed by atoms with van der Waals surface area (Å²) in [5.74, 6) is 0.851. The number of hydrogen-bond donors (Lipinski definition) is 1. The average Bonchev–Trinajstić information content (AvgIpc) is 3.08. The molecule has 0 unspecified atom stereocenters. The number of carbonyl (C=O) groups is 2. The summed E-state index contributed by atoms with van der Waals surface area (Å²) in [5.41, 5.74) is 1.61. The minimum Gasteiger partial charge on any atom is -0.465 e. The number of aryl methyl sites for hydroxylation is 1. The van der Waals surface area contributed by atoms with Gasteiger partial charge in [-0.2, -0.15) is 0 Å². The highest BCUT2D eigenvalue weighted by Crippen LogP contribution is 2.17. The molecule has 6 heteroatoms. The zero-order valence-electron chi connectivity index (χ0n) is 13.8. The number of nitrogens with one attached hydrogen (secondary N) is 1. The van der Waals surface area contributed by atoms with Crippen LogP contribution in [0.15, 0.2) is 36.4 Å². The van der Waals surface area contributed by atoms with Gasteiger partial charge in [-0.05, 0) is 36.2 Å². The molecular weight excluding hydrogens is 342 g/mol. The number of thiophene rings is 1. The maximum Gasteiger partial charge on any atom is 0.337 e. The van der Waals surface area contributed by atoms with Crippen molar-refractivity contribution in [2.75, 3.05) is 12.9 Å². The molecule has 0 atom stereocenters. The van der Waals surface area contributed by atoms with Crippen molar-refractivity contribution < 1.29 is 14.3 Å². The number of esters is 1. The molecule has 0 aliphatic rings. The SMILES string of the molecule is CCc1ccc(CNC(=O)CSCc2ccc(C(=O)OC)cc2)s1. The first-order valence-corrected chi connectivity index (χ1v) is 9.68. The summed E-state index contributed by atoms with van der Waals surface area (Å²) in [6.07, 6.45) is 1.03. The first kappa shape index (κ1) is 18.5. The van der Waals surface area contributed by atoms with Crippen LogP contribution in [0.2, 0.25) is 0 Å². The van der Waals surface area contributed by atoms with Crippen LogP contribution in [0.3, 0.4) is 0 Å². The summed E-state index contributed by atoms with van der Waals surface area (Å²) in [5, 5.41) is 2.94. The Morgan fingerprint density at radius 1 is 1.12 bits per heavy atom. The predicted molar refractivity (Wildman–Crippen MR) is 99.5 cm³/mol. The first-order chi connectivity index (χ1) is 11.6. The molecule has 1 aromatic carbocycles. The third-order valence-electron chi connectivity index (χ3n) is 3.40. The number of methoxy groups -OCH3 is 1. The predicted octanol–water partition coefficient (Wildman–Crippen LogP) is 3.65. The zero-order chi connectivity index (χ0) is 17.4. The molecule has 0 spiro atoms. The highest BCUT2D eigenvalue weighted by Gasteiger charge is 2.06. The molecule has 24 heavy (non-hydrogen) atoms. The van der Waals surface area contributed by atoms with Gasteiger partial charge < -0.3 is 10.1 Å². The third-order valence-corrected chi connectivity index (χ3v) is 5.64. The molecule has 0 saturated heterocycles. The van der Waals surface area contributed by atoms with Gasteiger partial charge in [0.15, 0.2) is 0 Å². The van der Waals surface area contributed by atoms with Crippen molar-refractivity contribution in [2.45, 2.75) is 25.6 Å². The molecular formula is C18H21NO3S2. The lowest BCUT2D eigenvalue weighted by Crippen LogP contribution is -2.24. The summed E-state index contributed by atoms with van der Waals surface area (Å²) < 4.78 is 4.66. The summed E-state index contributed by atoms with van der Waals surface area (Å²) in [6, 6.07) is 11.4. The quantitative estimate of drug-likeness (QED) is 0.728. The second kappa shape index (κ2) is 9.49. The lowest BCUT2D eigenvalue weighted by Gasteiger charge is -2.05. The highest BCUT2D eigenvalue weighted by atomic mass is 32.2. The normalized spacial score (nSPS) is 10.4. The smallest absolute Gasteiger partial charge is 0.337 e. The molecule has 4 nitrogen and oxygen atoms in total. The number of amides is 1. The molecule has 1 aromatic heterocycles. The van der Waals surface area contributed by atoms with Gasteiger partial charge in [0, 0.05) is 15.5 Å². The van der Waals surface area contributed by atoms with Crippen molar-refractivity contribution in [3.63, 3.8) is 0 Å². The van der Waals surface area contributed by atoms with E-state index < -0.39 is 0 Å². The first-order valence-electron chi connectivity index (χ1n) is 7.71. The second-order valence-corrected chi connectivity index (χ2v) is 7.42. The van der Waals surface area contributed by atoms with Crippen molar-refractivity contribution in [1.29, 1.82) is 0 Å². The van der Waals surface area contributed by atoms with Gasteiger partial charge in [0.1, 0.15) is 0 Å². The number of carbonyl (C=O) groups excluding carboxylic acids is 2. The van der Waals surface area contributed by atoms with Gasteiger partial charge in [-0.3, -0.25) is 4.79 Å². The van der Waals surface area contributed by atoms with Crippen LogP contribution < -0.4 is 5.32 Å². The number of thioether (sulfide) groups is 1. The fraction of sp³-hybridized carbons (Fsp3) is 0.333. The largest absolute Gasteiger partial charge is 0.465 e. The van der Waals surface area contributed by atoms with Gasteiger partial charge >= 0.3 is 5.97 Å². The Morgan fingerprint density at radius 3 is 2.46 bits per heavy atom. The van der Waals surface area contributed by atoms with E-state index in [0.717, 1.165) is 17.7 Å². The van der Waals surface area contributed by atoms with Gasteiger partial charge in [-0.15, -0.1) is 23.1 Å². The van der Waals surface area contributed by atoms with E-state index in [4.69, 9.17) is 0 Å². The van der Waals surface area contributed by atoms with Gasteiger partial charge in [-0.1, -0.05) is 19.1 Å². The van der Waals surface area contributed by atoms with Crippen LogP contribution in [0.5, 0.6) is 0 Å². The van der Waals surface area contributed by atoms with Crippen LogP contribution in [0.1, 0.15) is 32.6 Å². The maximum absolute atomic E-state index is 11.9. The Labute approximate surface area is 150 Å². The summed E-state index contributed by atoms with van der Waals surface area (Å²) in [4.78, 5) is 25.8. The molecule has 1 N–H and O–H groups in total. The van der Waals surface area contributed by atoms with E-state index in [2.05, 4.69) is 29.1 Å². The lowest BCUT2D eigenvalue weighted by molar-refractivity contribution is -0.118. The Hall–Kier alpha value is -1.79. The molecule has 128 valence electrons. The molecule has 0 radical (unpaired) electrons. The molecule has 2 aromatic rings. The van der Waals surface area contributed by atoms with Crippen LogP contribution in [0.25, 0.3) is 0 Å². The monoisotopic (exact) mass is 363 g/mol. The van der Waals surface area contributed by atoms with Crippen LogP contribution in [-0.4, -0.2) is 24.7 Å². The van der Waals surface area contributed by atoms with Crippen LogP contribution >= 0.6 is 23.1 Å². The van der Waals surface area contributed by atoms with Crippen LogP contribution in [0, 0.1) is 0 Å². The van der Waals surface area contributed by atoms with Crippen molar-refractivity contribution >= 4 is 35.0 Å². The topological polar surface area (TPSA) is 55.4 Å². The van der Waals surface area contributed by atoms with Crippen molar-refractivity contribution in [3.05, 3.63) is 57.3 Å². The molecule has 0 saturated carbocycles. The summed E-state index contributed by atoms with van der Waals surface area (Å²) >= 11 is 3.30. The number of hydrogen-bond acceptors (Lipinski definition) is 5. The van der Waals surface area contributed by atoms with E-state index in [1.165, 1.54) is 16.9 Å². The van der Waals surface area contributed by atoms with Crippen molar-refractivity contribution in [2.24, 2.45) is 0 Å². The lowest BCUT2D eigenvalue weighted by atomic mass is 10.1. The van der Waals surface area contributed by atoms with E-state index in [-0.39, 0.29) is 11.9 Å². The fourth-order valence-electron chi connectivity index (χ4n) is 2.06. The molecule has 0 bridgehead atoms. The highest BCUT2D eigenvalue weighted by molar-refractivity contribution is 7.99. The van der Waals surface area contributed by atoms with E-state index in [0.29, 0.717) is 17.9 Å². The standard InChI is InChI=1S/C18H21NO3S2/c1-3-15-8-9-16(24-15)10-19-17(20)12-23-11-13-4-6-14(7-5-13)18(21)22-2/h4-9H,3,10-12H2,1-2H3,(H,19,20). The van der Waals surface area contributed by atoms with Crippen molar-refractivity contribution in [1.82, 2.24) is 5.32 Å². The van der Waals surface area contributed by atoms with E-state index >= 15 is 0 Å². The third kappa shape index (κ3) is 5.69. The summed E-state index contributed by atoms with van der Waals surface area (Å²) in [6.45, 7) is 2.72. The fourth-order valence-corrected chi connectivity index (χ4v) is 3.78. The second-order valence-electron chi connectivity index (χ2n) is 5.18. The van der Waals surface area contributed by atoms with Gasteiger partial charge in [0.25, 0.3) is 0 Å². The number of rotatable bonds is 8. The van der Waals surface area contributed by atoms with Crippen LogP contribution in [-0.2, 0) is 28.2 Å². The minimum absolute atomic E-state index is 0.0395. The summed E-state index contributed by atoms with van der Waals surface area (Å²) in [7, 11) is 1.37. The minimum atomic E-state index is -0.339. The Balaban J connectivity index is 1.69. The molecule has 1 heterocycles. The Kier molecular flexibility index (Phi) is 7.34. The Bertz CT molecular complexity index is 680. The molecule has 0 aliphatic heterocycles. The van der Waals surface area contributed by atoms with Gasteiger partial charge in [0.2, 0.25) is 5.91 Å². The maximum atomic E-state index is 11.9. The molecule has 1 amide bonds. The Morgan fingerprint density at radius 2 is 1.83 bits per heavy atom. The molecule has 0 fully saturated rings. The molecule has 0 aliphatic carbocycles. The van der Waals surface area contributed by atoms with Gasteiger partial charge in [0.05, 0.1) is 25.0 Å². The van der Waals surface area contributed by atoms with E-state index in [1.807, 2.05) is 12.1 Å². The average molecular weight is 364 g/mol. The van der Waals surface area contributed by atoms with Crippen molar-refractivity contribution in [3.8, 4) is 0 Å².